The van der Waals surface area contributed by atoms with Gasteiger partial charge < -0.3 is 15.1 Å². The van der Waals surface area contributed by atoms with Crippen LogP contribution in [0.25, 0.3) is 0 Å². The van der Waals surface area contributed by atoms with Gasteiger partial charge in [-0.1, -0.05) is 11.4 Å². The summed E-state index contributed by atoms with van der Waals surface area (Å²) in [6, 6.07) is -0.973. The number of aromatic nitrogens is 2. The molecule has 2 heterocycles. The van der Waals surface area contributed by atoms with E-state index in [2.05, 4.69) is 9.59 Å². The molecule has 7 nitrogen and oxygen atoms in total. The van der Waals surface area contributed by atoms with Crippen LogP contribution in [0.4, 0.5) is 0 Å². The third-order valence-electron chi connectivity index (χ3n) is 2.91. The van der Waals surface area contributed by atoms with E-state index in [-0.39, 0.29) is 13.0 Å². The number of aliphatic carboxylic acids is 1. The average molecular weight is 271 g/mol. The smallest absolute Gasteiger partial charge is 0.326 e. The lowest BCUT2D eigenvalue weighted by atomic mass is 10.2. The number of hydrogen-bond donors (Lipinski definition) is 2. The van der Waals surface area contributed by atoms with Gasteiger partial charge in [-0.25, -0.2) is 4.79 Å². The Morgan fingerprint density at radius 1 is 1.56 bits per heavy atom. The number of aliphatic hydroxyl groups is 1. The molecule has 0 aliphatic carbocycles. The summed E-state index contributed by atoms with van der Waals surface area (Å²) < 4.78 is 3.71. The van der Waals surface area contributed by atoms with Crippen molar-refractivity contribution in [2.24, 2.45) is 0 Å². The van der Waals surface area contributed by atoms with Gasteiger partial charge in [0, 0.05) is 13.0 Å². The van der Waals surface area contributed by atoms with Crippen molar-refractivity contribution in [1.82, 2.24) is 14.5 Å². The van der Waals surface area contributed by atoms with Gasteiger partial charge >= 0.3 is 5.97 Å². The molecule has 18 heavy (non-hydrogen) atoms. The average Bonchev–Trinajstić information content (AvgIpc) is 2.93. The van der Waals surface area contributed by atoms with Crippen LogP contribution in [0.1, 0.15) is 28.7 Å². The predicted molar refractivity (Wildman–Crippen MR) is 62.4 cm³/mol. The molecule has 1 aliphatic heterocycles. The van der Waals surface area contributed by atoms with Crippen molar-refractivity contribution in [3.63, 3.8) is 0 Å². The molecule has 2 rings (SSSR count). The minimum absolute atomic E-state index is 0.0385. The normalized spacial score (nSPS) is 23.3. The van der Waals surface area contributed by atoms with Crippen molar-refractivity contribution in [2.45, 2.75) is 31.9 Å². The minimum Gasteiger partial charge on any atom is -0.480 e. The number of carboxylic acids is 1. The fourth-order valence-electron chi connectivity index (χ4n) is 2.01. The van der Waals surface area contributed by atoms with Crippen LogP contribution in [-0.4, -0.2) is 55.3 Å². The second-order valence-electron chi connectivity index (χ2n) is 4.10. The van der Waals surface area contributed by atoms with Gasteiger partial charge in [0.1, 0.15) is 10.9 Å². The van der Waals surface area contributed by atoms with E-state index in [1.54, 1.807) is 0 Å². The van der Waals surface area contributed by atoms with Crippen LogP contribution >= 0.6 is 11.5 Å². The Kier molecular flexibility index (Phi) is 3.58. The number of likely N-dealkylation sites (tertiary alicyclic amines) is 1. The molecular formula is C10H13N3O4S. The molecule has 0 bridgehead atoms. The summed E-state index contributed by atoms with van der Waals surface area (Å²) in [5, 5.41) is 22.4. The molecule has 0 aromatic carbocycles. The Bertz CT molecular complexity index is 475. The molecular weight excluding hydrogens is 258 g/mol. The van der Waals surface area contributed by atoms with Crippen LogP contribution in [0, 0.1) is 0 Å². The standard InChI is InChI=1S/C10H13N3O4S/c1-2-6-8(18-12-11-6)9(15)13-4-5(14)3-7(13)10(16)17/h5,7,14H,2-4H2,1H3,(H,16,17)/t5-,7+/m1/s1. The Balaban J connectivity index is 2.25. The Morgan fingerprint density at radius 2 is 2.28 bits per heavy atom. The van der Waals surface area contributed by atoms with Crippen molar-refractivity contribution in [2.75, 3.05) is 6.54 Å². The summed E-state index contributed by atoms with van der Waals surface area (Å²) in [5.74, 6) is -1.51. The van der Waals surface area contributed by atoms with Gasteiger partial charge in [0.2, 0.25) is 0 Å². The maximum Gasteiger partial charge on any atom is 0.326 e. The Hall–Kier alpha value is -1.54. The first-order valence-corrected chi connectivity index (χ1v) is 6.35. The van der Waals surface area contributed by atoms with E-state index in [1.807, 2.05) is 6.92 Å². The number of aliphatic hydroxyl groups excluding tert-OH is 1. The van der Waals surface area contributed by atoms with E-state index in [0.717, 1.165) is 11.5 Å². The zero-order valence-electron chi connectivity index (χ0n) is 9.74. The van der Waals surface area contributed by atoms with Gasteiger partial charge in [0.05, 0.1) is 11.8 Å². The lowest BCUT2D eigenvalue weighted by Crippen LogP contribution is -2.40. The number of amides is 1. The number of carbonyl (C=O) groups is 2. The number of aryl methyl sites for hydroxylation is 1. The fraction of sp³-hybridized carbons (Fsp3) is 0.600. The third-order valence-corrected chi connectivity index (χ3v) is 3.67. The third kappa shape index (κ3) is 2.21. The van der Waals surface area contributed by atoms with E-state index in [9.17, 15) is 14.7 Å². The number of carboxylic acid groups (broad SMARTS) is 1. The summed E-state index contributed by atoms with van der Waals surface area (Å²) in [7, 11) is 0. The minimum atomic E-state index is -1.10. The van der Waals surface area contributed by atoms with E-state index in [0.29, 0.717) is 17.0 Å². The maximum atomic E-state index is 12.2. The molecule has 1 aromatic rings. The van der Waals surface area contributed by atoms with Crippen LogP contribution in [0.2, 0.25) is 0 Å². The Labute approximate surface area is 107 Å². The molecule has 2 atom stereocenters. The molecule has 1 aromatic heterocycles. The van der Waals surface area contributed by atoms with Crippen LogP contribution in [0.3, 0.4) is 0 Å². The van der Waals surface area contributed by atoms with E-state index in [4.69, 9.17) is 5.11 Å². The molecule has 0 unspecified atom stereocenters. The van der Waals surface area contributed by atoms with Crippen LogP contribution in [0.5, 0.6) is 0 Å². The van der Waals surface area contributed by atoms with Crippen LogP contribution in [-0.2, 0) is 11.2 Å². The van der Waals surface area contributed by atoms with E-state index < -0.39 is 24.0 Å². The quantitative estimate of drug-likeness (QED) is 0.786. The zero-order chi connectivity index (χ0) is 13.3. The zero-order valence-corrected chi connectivity index (χ0v) is 10.6. The summed E-state index contributed by atoms with van der Waals surface area (Å²) >= 11 is 0.957. The van der Waals surface area contributed by atoms with Gasteiger partial charge in [0.15, 0.2) is 0 Å². The van der Waals surface area contributed by atoms with Crippen molar-refractivity contribution < 1.29 is 19.8 Å². The molecule has 2 N–H and O–H groups in total. The first-order valence-electron chi connectivity index (χ1n) is 5.57. The molecule has 1 saturated heterocycles. The molecule has 8 heteroatoms. The first kappa shape index (κ1) is 12.9. The van der Waals surface area contributed by atoms with Crippen molar-refractivity contribution in [3.05, 3.63) is 10.6 Å². The highest BCUT2D eigenvalue weighted by Gasteiger charge is 2.40. The summed E-state index contributed by atoms with van der Waals surface area (Å²) in [5.41, 5.74) is 0.565. The van der Waals surface area contributed by atoms with Gasteiger partial charge in [-0.2, -0.15) is 0 Å². The topological polar surface area (TPSA) is 104 Å². The second-order valence-corrected chi connectivity index (χ2v) is 4.86. The van der Waals surface area contributed by atoms with Crippen molar-refractivity contribution >= 4 is 23.4 Å². The summed E-state index contributed by atoms with van der Waals surface area (Å²) in [4.78, 5) is 24.8. The highest BCUT2D eigenvalue weighted by atomic mass is 32.1. The summed E-state index contributed by atoms with van der Waals surface area (Å²) in [6.45, 7) is 1.89. The lowest BCUT2D eigenvalue weighted by Gasteiger charge is -2.20. The molecule has 0 saturated carbocycles. The van der Waals surface area contributed by atoms with E-state index >= 15 is 0 Å². The molecule has 1 amide bonds. The number of rotatable bonds is 3. The van der Waals surface area contributed by atoms with Crippen LogP contribution < -0.4 is 0 Å². The number of hydrogen-bond acceptors (Lipinski definition) is 6. The number of nitrogens with zero attached hydrogens (tertiary/aromatic N) is 3. The number of β-amino-alcohol motifs (C(OH)–C–C–N with tert-alkyl or cyclic N) is 1. The molecule has 98 valence electrons. The van der Waals surface area contributed by atoms with Crippen molar-refractivity contribution in [3.8, 4) is 0 Å². The fourth-order valence-corrected chi connectivity index (χ4v) is 2.71. The van der Waals surface area contributed by atoms with Gasteiger partial charge in [0.25, 0.3) is 5.91 Å². The predicted octanol–water partition coefficient (Wildman–Crippen LogP) is -0.240. The maximum absolute atomic E-state index is 12.2. The Morgan fingerprint density at radius 3 is 2.89 bits per heavy atom. The largest absolute Gasteiger partial charge is 0.480 e. The van der Waals surface area contributed by atoms with E-state index in [1.165, 1.54) is 4.90 Å². The number of carbonyl (C=O) groups excluding carboxylic acids is 1. The highest BCUT2D eigenvalue weighted by molar-refractivity contribution is 7.08. The van der Waals surface area contributed by atoms with Gasteiger partial charge in [-0.05, 0) is 18.0 Å². The second kappa shape index (κ2) is 4.99. The first-order chi connectivity index (χ1) is 8.54. The lowest BCUT2D eigenvalue weighted by molar-refractivity contribution is -0.141. The highest BCUT2D eigenvalue weighted by Crippen LogP contribution is 2.23. The molecule has 0 radical (unpaired) electrons. The van der Waals surface area contributed by atoms with Gasteiger partial charge in [-0.15, -0.1) is 5.10 Å². The van der Waals surface area contributed by atoms with Crippen LogP contribution in [0.15, 0.2) is 0 Å². The molecule has 0 spiro atoms. The van der Waals surface area contributed by atoms with Gasteiger partial charge in [-0.3, -0.25) is 4.79 Å². The molecule has 1 fully saturated rings. The van der Waals surface area contributed by atoms with Crippen molar-refractivity contribution in [1.29, 1.82) is 0 Å². The monoisotopic (exact) mass is 271 g/mol. The molecule has 1 aliphatic rings. The SMILES string of the molecule is CCc1nnsc1C(=O)N1C[C@H](O)C[C@H]1C(=O)O. The summed E-state index contributed by atoms with van der Waals surface area (Å²) in [6.07, 6.45) is -0.165.